The minimum absolute atomic E-state index is 0.0983. The fourth-order valence-electron chi connectivity index (χ4n) is 2.32. The number of hydrogen-bond acceptors (Lipinski definition) is 2. The molecule has 1 unspecified atom stereocenters. The number of halogens is 2. The predicted molar refractivity (Wildman–Crippen MR) is 87.1 cm³/mol. The normalized spacial score (nSPS) is 13.8. The zero-order valence-corrected chi connectivity index (χ0v) is 13.9. The summed E-state index contributed by atoms with van der Waals surface area (Å²) in [7, 11) is 1.66. The van der Waals surface area contributed by atoms with Gasteiger partial charge in [0.05, 0.1) is 7.11 Å². The molecule has 1 N–H and O–H groups in total. The number of nitrogens with one attached hydrogen (secondary N) is 1. The maximum atomic E-state index is 13.2. The molecule has 0 saturated heterocycles. The molecule has 0 spiro atoms. The van der Waals surface area contributed by atoms with Crippen LogP contribution in [0.4, 0.5) is 4.39 Å². The quantitative estimate of drug-likeness (QED) is 0.817. The molecule has 21 heavy (non-hydrogen) atoms. The summed E-state index contributed by atoms with van der Waals surface area (Å²) >= 11 is 3.42. The van der Waals surface area contributed by atoms with Crippen molar-refractivity contribution in [2.75, 3.05) is 7.11 Å². The lowest BCUT2D eigenvalue weighted by Gasteiger charge is -2.22. The van der Waals surface area contributed by atoms with Gasteiger partial charge in [-0.25, -0.2) is 4.39 Å². The van der Waals surface area contributed by atoms with Gasteiger partial charge in [0.25, 0.3) is 0 Å². The summed E-state index contributed by atoms with van der Waals surface area (Å²) in [6, 6.07) is 13.0. The highest BCUT2D eigenvalue weighted by atomic mass is 79.9. The topological polar surface area (TPSA) is 21.3 Å². The monoisotopic (exact) mass is 351 g/mol. The lowest BCUT2D eigenvalue weighted by atomic mass is 10.0. The SMILES string of the molecule is COc1cccc([C@@H](C)NC(C)c2ccc(F)cc2Br)c1. The predicted octanol–water partition coefficient (Wildman–Crippen LogP) is 5.01. The number of rotatable bonds is 5. The molecule has 2 nitrogen and oxygen atoms in total. The molecule has 0 fully saturated rings. The van der Waals surface area contributed by atoms with Gasteiger partial charge in [0.1, 0.15) is 11.6 Å². The third-order valence-electron chi connectivity index (χ3n) is 3.52. The summed E-state index contributed by atoms with van der Waals surface area (Å²) in [5, 5.41) is 3.52. The number of ether oxygens (including phenoxy) is 1. The Morgan fingerprint density at radius 1 is 1.10 bits per heavy atom. The highest BCUT2D eigenvalue weighted by Crippen LogP contribution is 2.27. The van der Waals surface area contributed by atoms with E-state index in [0.717, 1.165) is 21.3 Å². The van der Waals surface area contributed by atoms with Crippen LogP contribution in [-0.4, -0.2) is 7.11 Å². The molecule has 0 radical (unpaired) electrons. The van der Waals surface area contributed by atoms with Crippen molar-refractivity contribution in [3.8, 4) is 5.75 Å². The van der Waals surface area contributed by atoms with Gasteiger partial charge in [0.15, 0.2) is 0 Å². The summed E-state index contributed by atoms with van der Waals surface area (Å²) in [5.41, 5.74) is 2.19. The number of methoxy groups -OCH3 is 1. The van der Waals surface area contributed by atoms with E-state index in [0.29, 0.717) is 0 Å². The minimum atomic E-state index is -0.237. The molecule has 2 atom stereocenters. The molecule has 112 valence electrons. The molecular formula is C17H19BrFNO. The molecule has 0 aliphatic heterocycles. The summed E-state index contributed by atoms with van der Waals surface area (Å²) in [6.07, 6.45) is 0. The van der Waals surface area contributed by atoms with Gasteiger partial charge < -0.3 is 10.1 Å². The van der Waals surface area contributed by atoms with Crippen molar-refractivity contribution >= 4 is 15.9 Å². The zero-order valence-electron chi connectivity index (χ0n) is 12.4. The van der Waals surface area contributed by atoms with E-state index in [-0.39, 0.29) is 17.9 Å². The Bertz CT molecular complexity index is 617. The van der Waals surface area contributed by atoms with Crippen LogP contribution in [0.5, 0.6) is 5.75 Å². The van der Waals surface area contributed by atoms with Crippen molar-refractivity contribution in [1.29, 1.82) is 0 Å². The average molecular weight is 352 g/mol. The number of benzene rings is 2. The van der Waals surface area contributed by atoms with E-state index in [1.165, 1.54) is 12.1 Å². The van der Waals surface area contributed by atoms with E-state index >= 15 is 0 Å². The molecule has 0 heterocycles. The average Bonchev–Trinajstić information content (AvgIpc) is 2.47. The van der Waals surface area contributed by atoms with Gasteiger partial charge in [-0.2, -0.15) is 0 Å². The smallest absolute Gasteiger partial charge is 0.124 e. The molecule has 0 saturated carbocycles. The first-order chi connectivity index (χ1) is 10.0. The number of hydrogen-bond donors (Lipinski definition) is 1. The maximum Gasteiger partial charge on any atom is 0.124 e. The summed E-state index contributed by atoms with van der Waals surface area (Å²) < 4.78 is 19.2. The molecule has 0 aliphatic carbocycles. The van der Waals surface area contributed by atoms with Crippen molar-refractivity contribution in [2.24, 2.45) is 0 Å². The van der Waals surface area contributed by atoms with E-state index < -0.39 is 0 Å². The van der Waals surface area contributed by atoms with E-state index in [1.54, 1.807) is 13.2 Å². The zero-order chi connectivity index (χ0) is 15.4. The second kappa shape index (κ2) is 7.05. The minimum Gasteiger partial charge on any atom is -0.497 e. The van der Waals surface area contributed by atoms with Gasteiger partial charge in [-0.1, -0.05) is 34.1 Å². The van der Waals surface area contributed by atoms with Crippen molar-refractivity contribution in [1.82, 2.24) is 5.32 Å². The van der Waals surface area contributed by atoms with Crippen LogP contribution in [0.3, 0.4) is 0 Å². The Morgan fingerprint density at radius 2 is 1.86 bits per heavy atom. The highest BCUT2D eigenvalue weighted by Gasteiger charge is 2.14. The van der Waals surface area contributed by atoms with E-state index in [2.05, 4.69) is 41.2 Å². The fourth-order valence-corrected chi connectivity index (χ4v) is 3.02. The Hall–Kier alpha value is -1.39. The summed E-state index contributed by atoms with van der Waals surface area (Å²) in [6.45, 7) is 4.16. The van der Waals surface area contributed by atoms with Crippen molar-refractivity contribution in [3.63, 3.8) is 0 Å². The molecule has 2 rings (SSSR count). The second-order valence-corrected chi connectivity index (χ2v) is 5.91. The van der Waals surface area contributed by atoms with Gasteiger partial charge in [0.2, 0.25) is 0 Å². The third kappa shape index (κ3) is 4.05. The maximum absolute atomic E-state index is 13.2. The molecular weight excluding hydrogens is 333 g/mol. The molecule has 0 aromatic heterocycles. The molecule has 2 aromatic carbocycles. The Kier molecular flexibility index (Phi) is 5.37. The van der Waals surface area contributed by atoms with Gasteiger partial charge in [0, 0.05) is 16.6 Å². The Balaban J connectivity index is 2.12. The fraction of sp³-hybridized carbons (Fsp3) is 0.294. The van der Waals surface area contributed by atoms with Gasteiger partial charge in [-0.15, -0.1) is 0 Å². The van der Waals surface area contributed by atoms with Crippen LogP contribution < -0.4 is 10.1 Å². The van der Waals surface area contributed by atoms with E-state index in [9.17, 15) is 4.39 Å². The molecule has 0 aliphatic rings. The second-order valence-electron chi connectivity index (χ2n) is 5.05. The van der Waals surface area contributed by atoms with Gasteiger partial charge in [-0.05, 0) is 49.2 Å². The van der Waals surface area contributed by atoms with Gasteiger partial charge in [-0.3, -0.25) is 0 Å². The first-order valence-corrected chi connectivity index (χ1v) is 7.65. The van der Waals surface area contributed by atoms with Crippen molar-refractivity contribution in [2.45, 2.75) is 25.9 Å². The van der Waals surface area contributed by atoms with E-state index in [1.807, 2.05) is 18.2 Å². The van der Waals surface area contributed by atoms with Crippen molar-refractivity contribution in [3.05, 3.63) is 63.9 Å². The Labute approximate surface area is 133 Å². The third-order valence-corrected chi connectivity index (χ3v) is 4.21. The lowest BCUT2D eigenvalue weighted by molar-refractivity contribution is 0.412. The highest BCUT2D eigenvalue weighted by molar-refractivity contribution is 9.10. The Morgan fingerprint density at radius 3 is 2.52 bits per heavy atom. The van der Waals surface area contributed by atoms with Crippen molar-refractivity contribution < 1.29 is 9.13 Å². The lowest BCUT2D eigenvalue weighted by Crippen LogP contribution is -2.22. The van der Waals surface area contributed by atoms with Crippen LogP contribution in [0.25, 0.3) is 0 Å². The molecule has 2 aromatic rings. The first kappa shape index (κ1) is 16.0. The first-order valence-electron chi connectivity index (χ1n) is 6.86. The van der Waals surface area contributed by atoms with Crippen LogP contribution in [0.15, 0.2) is 46.9 Å². The largest absolute Gasteiger partial charge is 0.497 e. The molecule has 4 heteroatoms. The van der Waals surface area contributed by atoms with Crippen LogP contribution in [-0.2, 0) is 0 Å². The molecule has 0 amide bonds. The van der Waals surface area contributed by atoms with Crippen LogP contribution >= 0.6 is 15.9 Å². The molecule has 0 bridgehead atoms. The summed E-state index contributed by atoms with van der Waals surface area (Å²) in [4.78, 5) is 0. The van der Waals surface area contributed by atoms with Gasteiger partial charge >= 0.3 is 0 Å². The van der Waals surface area contributed by atoms with Crippen LogP contribution in [0, 0.1) is 5.82 Å². The summed E-state index contributed by atoms with van der Waals surface area (Å²) in [5.74, 6) is 0.607. The van der Waals surface area contributed by atoms with E-state index in [4.69, 9.17) is 4.74 Å². The van der Waals surface area contributed by atoms with Crippen LogP contribution in [0.2, 0.25) is 0 Å². The van der Waals surface area contributed by atoms with Crippen LogP contribution in [0.1, 0.15) is 37.1 Å². The standard InChI is InChI=1S/C17H19BrFNO/c1-11(13-5-4-6-15(9-13)21-3)20-12(2)16-8-7-14(19)10-17(16)18/h4-12,20H,1-3H3/t11-,12?/m1/s1.